The van der Waals surface area contributed by atoms with Crippen molar-refractivity contribution in [1.82, 2.24) is 15.1 Å². The van der Waals surface area contributed by atoms with Crippen LogP contribution in [0, 0.1) is 5.92 Å². The van der Waals surface area contributed by atoms with Crippen molar-refractivity contribution in [3.05, 3.63) is 41.8 Å². The molecule has 3 rings (SSSR count). The monoisotopic (exact) mass is 328 g/mol. The summed E-state index contributed by atoms with van der Waals surface area (Å²) in [6, 6.07) is 10.7. The summed E-state index contributed by atoms with van der Waals surface area (Å²) in [4.78, 5) is 16.7. The molecule has 0 N–H and O–H groups in total. The Hall–Kier alpha value is -2.37. The van der Waals surface area contributed by atoms with Gasteiger partial charge < -0.3 is 14.2 Å². The van der Waals surface area contributed by atoms with Gasteiger partial charge in [0, 0.05) is 38.5 Å². The third-order valence-electron chi connectivity index (χ3n) is 4.43. The zero-order chi connectivity index (χ0) is 16.9. The maximum Gasteiger partial charge on any atom is 0.318 e. The number of rotatable bonds is 5. The van der Waals surface area contributed by atoms with Crippen LogP contribution in [-0.2, 0) is 17.6 Å². The quantitative estimate of drug-likeness (QED) is 0.842. The van der Waals surface area contributed by atoms with Gasteiger partial charge in [-0.25, -0.2) is 0 Å². The fourth-order valence-corrected chi connectivity index (χ4v) is 3.00. The van der Waals surface area contributed by atoms with Gasteiger partial charge in [0.1, 0.15) is 0 Å². The Labute approximate surface area is 142 Å². The SMILES string of the molecule is CCc1nnc(N2CCN(C(=O)C(C)Cc3ccccc3)CC2)o1. The molecule has 6 nitrogen and oxygen atoms in total. The van der Waals surface area contributed by atoms with E-state index in [0.29, 0.717) is 25.0 Å². The number of carbonyl (C=O) groups is 1. The van der Waals surface area contributed by atoms with E-state index < -0.39 is 0 Å². The molecule has 1 fully saturated rings. The molecule has 1 atom stereocenters. The van der Waals surface area contributed by atoms with Crippen molar-refractivity contribution in [1.29, 1.82) is 0 Å². The van der Waals surface area contributed by atoms with Crippen LogP contribution in [0.2, 0.25) is 0 Å². The number of piperazine rings is 1. The highest BCUT2D eigenvalue weighted by molar-refractivity contribution is 5.79. The third-order valence-corrected chi connectivity index (χ3v) is 4.43. The van der Waals surface area contributed by atoms with E-state index >= 15 is 0 Å². The largest absolute Gasteiger partial charge is 0.408 e. The lowest BCUT2D eigenvalue weighted by Gasteiger charge is -2.35. The molecule has 1 saturated heterocycles. The molecule has 1 unspecified atom stereocenters. The number of aryl methyl sites for hydroxylation is 1. The first-order valence-corrected chi connectivity index (χ1v) is 8.57. The maximum absolute atomic E-state index is 12.7. The third kappa shape index (κ3) is 3.75. The summed E-state index contributed by atoms with van der Waals surface area (Å²) in [7, 11) is 0. The van der Waals surface area contributed by atoms with E-state index in [4.69, 9.17) is 4.42 Å². The van der Waals surface area contributed by atoms with Gasteiger partial charge in [-0.1, -0.05) is 49.3 Å². The summed E-state index contributed by atoms with van der Waals surface area (Å²) in [6.07, 6.45) is 1.52. The summed E-state index contributed by atoms with van der Waals surface area (Å²) >= 11 is 0. The average Bonchev–Trinajstić information content (AvgIpc) is 3.11. The van der Waals surface area contributed by atoms with Gasteiger partial charge in [-0.05, 0) is 12.0 Å². The van der Waals surface area contributed by atoms with Gasteiger partial charge in [0.25, 0.3) is 0 Å². The molecule has 0 spiro atoms. The second kappa shape index (κ2) is 7.47. The molecule has 2 aromatic rings. The van der Waals surface area contributed by atoms with Crippen molar-refractivity contribution in [2.75, 3.05) is 31.1 Å². The standard InChI is InChI=1S/C18H24N4O2/c1-3-16-19-20-18(24-16)22-11-9-21(10-12-22)17(23)14(2)13-15-7-5-4-6-8-15/h4-8,14H,3,9-13H2,1-2H3. The van der Waals surface area contributed by atoms with Gasteiger partial charge in [-0.2, -0.15) is 0 Å². The molecule has 1 aliphatic heterocycles. The number of nitrogens with zero attached hydrogens (tertiary/aromatic N) is 4. The second-order valence-electron chi connectivity index (χ2n) is 6.24. The number of hydrogen-bond acceptors (Lipinski definition) is 5. The summed E-state index contributed by atoms with van der Waals surface area (Å²) in [5, 5.41) is 8.08. The number of aromatic nitrogens is 2. The topological polar surface area (TPSA) is 62.5 Å². The highest BCUT2D eigenvalue weighted by Crippen LogP contribution is 2.17. The van der Waals surface area contributed by atoms with Crippen LogP contribution >= 0.6 is 0 Å². The molecule has 2 heterocycles. The smallest absolute Gasteiger partial charge is 0.318 e. The van der Waals surface area contributed by atoms with Gasteiger partial charge in [-0.15, -0.1) is 5.10 Å². The molecule has 0 radical (unpaired) electrons. The lowest BCUT2D eigenvalue weighted by molar-refractivity contribution is -0.135. The van der Waals surface area contributed by atoms with E-state index in [1.807, 2.05) is 36.9 Å². The Morgan fingerprint density at radius 3 is 2.50 bits per heavy atom. The van der Waals surface area contributed by atoms with Crippen molar-refractivity contribution < 1.29 is 9.21 Å². The van der Waals surface area contributed by atoms with Crippen LogP contribution < -0.4 is 4.90 Å². The fourth-order valence-electron chi connectivity index (χ4n) is 3.00. The van der Waals surface area contributed by atoms with Crippen LogP contribution in [0.1, 0.15) is 25.3 Å². The average molecular weight is 328 g/mol. The molecule has 1 aliphatic rings. The Kier molecular flexibility index (Phi) is 5.13. The molecular weight excluding hydrogens is 304 g/mol. The number of anilines is 1. The van der Waals surface area contributed by atoms with E-state index in [1.54, 1.807) is 0 Å². The first-order valence-electron chi connectivity index (χ1n) is 8.57. The molecule has 0 bridgehead atoms. The molecule has 0 saturated carbocycles. The normalized spacial score (nSPS) is 16.2. The van der Waals surface area contributed by atoms with Gasteiger partial charge in [0.2, 0.25) is 11.8 Å². The predicted molar refractivity (Wildman–Crippen MR) is 91.8 cm³/mol. The lowest BCUT2D eigenvalue weighted by atomic mass is 9.99. The Bertz CT molecular complexity index is 663. The van der Waals surface area contributed by atoms with E-state index in [2.05, 4.69) is 27.2 Å². The molecular formula is C18H24N4O2. The van der Waals surface area contributed by atoms with Gasteiger partial charge in [0.15, 0.2) is 0 Å². The summed E-state index contributed by atoms with van der Waals surface area (Å²) in [5.74, 6) is 0.868. The van der Waals surface area contributed by atoms with Gasteiger partial charge in [-0.3, -0.25) is 4.79 Å². The minimum absolute atomic E-state index is 0.00551. The highest BCUT2D eigenvalue weighted by Gasteiger charge is 2.26. The number of carbonyl (C=O) groups excluding carboxylic acids is 1. The van der Waals surface area contributed by atoms with E-state index in [-0.39, 0.29) is 11.8 Å². The van der Waals surface area contributed by atoms with Crippen LogP contribution in [0.3, 0.4) is 0 Å². The molecule has 6 heteroatoms. The van der Waals surface area contributed by atoms with Crippen LogP contribution in [0.25, 0.3) is 0 Å². The van der Waals surface area contributed by atoms with Crippen molar-refractivity contribution in [2.45, 2.75) is 26.7 Å². The minimum Gasteiger partial charge on any atom is -0.408 e. The molecule has 24 heavy (non-hydrogen) atoms. The predicted octanol–water partition coefficient (Wildman–Crippen LogP) is 2.16. The van der Waals surface area contributed by atoms with Gasteiger partial charge in [0.05, 0.1) is 0 Å². The lowest BCUT2D eigenvalue weighted by Crippen LogP contribution is -2.50. The van der Waals surface area contributed by atoms with Crippen molar-refractivity contribution in [3.8, 4) is 0 Å². The summed E-state index contributed by atoms with van der Waals surface area (Å²) < 4.78 is 5.59. The molecule has 1 amide bonds. The van der Waals surface area contributed by atoms with Crippen molar-refractivity contribution in [3.63, 3.8) is 0 Å². The Morgan fingerprint density at radius 1 is 1.17 bits per heavy atom. The van der Waals surface area contributed by atoms with Gasteiger partial charge >= 0.3 is 6.01 Å². The Morgan fingerprint density at radius 2 is 1.88 bits per heavy atom. The van der Waals surface area contributed by atoms with Crippen LogP contribution in [0.5, 0.6) is 0 Å². The first-order chi connectivity index (χ1) is 11.7. The Balaban J connectivity index is 1.53. The minimum atomic E-state index is -0.00551. The first kappa shape index (κ1) is 16.5. The fraction of sp³-hybridized carbons (Fsp3) is 0.500. The molecule has 1 aromatic heterocycles. The highest BCUT2D eigenvalue weighted by atomic mass is 16.4. The second-order valence-corrected chi connectivity index (χ2v) is 6.24. The molecule has 0 aliphatic carbocycles. The van der Waals surface area contributed by atoms with E-state index in [0.717, 1.165) is 25.9 Å². The van der Waals surface area contributed by atoms with Crippen LogP contribution in [-0.4, -0.2) is 47.2 Å². The zero-order valence-electron chi connectivity index (χ0n) is 14.3. The van der Waals surface area contributed by atoms with Crippen molar-refractivity contribution >= 4 is 11.9 Å². The summed E-state index contributed by atoms with van der Waals surface area (Å²) in [5.41, 5.74) is 1.20. The van der Waals surface area contributed by atoms with Crippen LogP contribution in [0.15, 0.2) is 34.7 Å². The van der Waals surface area contributed by atoms with E-state index in [9.17, 15) is 4.79 Å². The van der Waals surface area contributed by atoms with Crippen molar-refractivity contribution in [2.24, 2.45) is 5.92 Å². The number of benzene rings is 1. The number of amides is 1. The number of hydrogen-bond donors (Lipinski definition) is 0. The molecule has 128 valence electrons. The summed E-state index contributed by atoms with van der Waals surface area (Å²) in [6.45, 7) is 6.85. The zero-order valence-corrected chi connectivity index (χ0v) is 14.3. The van der Waals surface area contributed by atoms with Crippen LogP contribution in [0.4, 0.5) is 6.01 Å². The maximum atomic E-state index is 12.7. The molecule has 1 aromatic carbocycles. The van der Waals surface area contributed by atoms with E-state index in [1.165, 1.54) is 5.56 Å².